The van der Waals surface area contributed by atoms with Crippen molar-refractivity contribution in [1.82, 2.24) is 0 Å². The lowest BCUT2D eigenvalue weighted by Gasteiger charge is -2.27. The third-order valence-corrected chi connectivity index (χ3v) is 3.46. The van der Waals surface area contributed by atoms with Gasteiger partial charge in [0.25, 0.3) is 0 Å². The number of hydrogen-bond acceptors (Lipinski definition) is 1. The quantitative estimate of drug-likeness (QED) is 0.719. The molecule has 0 aliphatic heterocycles. The molecule has 1 aromatic rings. The van der Waals surface area contributed by atoms with E-state index in [1.807, 2.05) is 13.0 Å². The molecule has 0 N–H and O–H groups in total. The van der Waals surface area contributed by atoms with Gasteiger partial charge >= 0.3 is 0 Å². The second-order valence-corrected chi connectivity index (χ2v) is 4.38. The summed E-state index contributed by atoms with van der Waals surface area (Å²) in [6.07, 6.45) is 3.88. The van der Waals surface area contributed by atoms with Crippen molar-refractivity contribution < 1.29 is 4.74 Å². The molecule has 1 saturated carbocycles. The summed E-state index contributed by atoms with van der Waals surface area (Å²) in [5.41, 5.74) is 2.38. The number of rotatable bonds is 2. The predicted octanol–water partition coefficient (Wildman–Crippen LogP) is 3.92. The van der Waals surface area contributed by atoms with E-state index in [1.54, 1.807) is 7.11 Å². The molecule has 2 heteroatoms. The lowest BCUT2D eigenvalue weighted by molar-refractivity contribution is 0.373. The topological polar surface area (TPSA) is 9.23 Å². The van der Waals surface area contributed by atoms with E-state index in [0.29, 0.717) is 5.92 Å². The van der Waals surface area contributed by atoms with Crippen LogP contribution in [0.1, 0.15) is 36.3 Å². The Bertz CT molecular complexity index is 342. The van der Waals surface area contributed by atoms with Gasteiger partial charge in [-0.15, -0.1) is 0 Å². The number of halogens is 1. The van der Waals surface area contributed by atoms with Crippen molar-refractivity contribution >= 4 is 11.6 Å². The molecule has 1 fully saturated rings. The summed E-state index contributed by atoms with van der Waals surface area (Å²) in [5.74, 6) is 1.67. The molecule has 2 rings (SSSR count). The lowest BCUT2D eigenvalue weighted by Crippen LogP contribution is -2.10. The zero-order valence-electron chi connectivity index (χ0n) is 8.64. The maximum absolute atomic E-state index is 6.11. The van der Waals surface area contributed by atoms with E-state index in [0.717, 1.165) is 16.3 Å². The fourth-order valence-corrected chi connectivity index (χ4v) is 2.06. The van der Waals surface area contributed by atoms with Gasteiger partial charge in [-0.2, -0.15) is 0 Å². The summed E-state index contributed by atoms with van der Waals surface area (Å²) >= 11 is 6.11. The molecule has 1 aromatic carbocycles. The first-order chi connectivity index (χ1) is 6.72. The lowest BCUT2D eigenvalue weighted by atomic mass is 9.79. The predicted molar refractivity (Wildman–Crippen MR) is 59.3 cm³/mol. The van der Waals surface area contributed by atoms with E-state index in [9.17, 15) is 0 Å². The average Bonchev–Trinajstić information content (AvgIpc) is 2.08. The highest BCUT2D eigenvalue weighted by atomic mass is 35.5. The van der Waals surface area contributed by atoms with Gasteiger partial charge in [-0.3, -0.25) is 0 Å². The maximum Gasteiger partial charge on any atom is 0.122 e. The molecule has 1 nitrogen and oxygen atoms in total. The molecular formula is C12H15ClO. The smallest absolute Gasteiger partial charge is 0.122 e. The minimum Gasteiger partial charge on any atom is -0.496 e. The summed E-state index contributed by atoms with van der Waals surface area (Å²) in [5, 5.41) is 0.854. The maximum atomic E-state index is 6.11. The Balaban J connectivity index is 2.40. The van der Waals surface area contributed by atoms with E-state index >= 15 is 0 Å². The van der Waals surface area contributed by atoms with Crippen molar-refractivity contribution in [3.63, 3.8) is 0 Å². The summed E-state index contributed by atoms with van der Waals surface area (Å²) in [6.45, 7) is 2.01. The minimum atomic E-state index is 0.669. The van der Waals surface area contributed by atoms with Crippen LogP contribution in [0.15, 0.2) is 12.1 Å². The molecule has 0 heterocycles. The van der Waals surface area contributed by atoms with Gasteiger partial charge in [0.05, 0.1) is 7.11 Å². The Labute approximate surface area is 90.0 Å². The van der Waals surface area contributed by atoms with E-state index in [2.05, 4.69) is 6.07 Å². The highest BCUT2D eigenvalue weighted by molar-refractivity contribution is 6.31. The summed E-state index contributed by atoms with van der Waals surface area (Å²) in [7, 11) is 1.73. The Morgan fingerprint density at radius 1 is 1.36 bits per heavy atom. The number of methoxy groups -OCH3 is 1. The molecule has 0 radical (unpaired) electrons. The molecule has 0 bridgehead atoms. The fraction of sp³-hybridized carbons (Fsp3) is 0.500. The molecule has 1 aliphatic rings. The van der Waals surface area contributed by atoms with Crippen molar-refractivity contribution in [1.29, 1.82) is 0 Å². The van der Waals surface area contributed by atoms with Crippen LogP contribution in [0.25, 0.3) is 0 Å². The molecule has 0 spiro atoms. The molecular weight excluding hydrogens is 196 g/mol. The third kappa shape index (κ3) is 1.61. The molecule has 0 amide bonds. The average molecular weight is 211 g/mol. The molecule has 0 atom stereocenters. The van der Waals surface area contributed by atoms with Gasteiger partial charge in [-0.25, -0.2) is 0 Å². The van der Waals surface area contributed by atoms with Crippen LogP contribution in [0.4, 0.5) is 0 Å². The number of aryl methyl sites for hydroxylation is 1. The molecule has 0 aromatic heterocycles. The number of hydrogen-bond donors (Lipinski definition) is 0. The van der Waals surface area contributed by atoms with E-state index in [1.165, 1.54) is 24.8 Å². The molecule has 0 saturated heterocycles. The first-order valence-corrected chi connectivity index (χ1v) is 5.44. The first kappa shape index (κ1) is 9.85. The minimum absolute atomic E-state index is 0.669. The van der Waals surface area contributed by atoms with Gasteiger partial charge in [-0.1, -0.05) is 18.0 Å². The highest BCUT2D eigenvalue weighted by Crippen LogP contribution is 2.42. The fourth-order valence-electron chi connectivity index (χ4n) is 1.89. The normalized spacial score (nSPS) is 16.5. The van der Waals surface area contributed by atoms with Gasteiger partial charge < -0.3 is 4.74 Å². The molecule has 14 heavy (non-hydrogen) atoms. The van der Waals surface area contributed by atoms with Crippen molar-refractivity contribution in [2.24, 2.45) is 0 Å². The van der Waals surface area contributed by atoms with Gasteiger partial charge in [0.15, 0.2) is 0 Å². The molecule has 76 valence electrons. The SMILES string of the molecule is COc1cc(C)c(Cl)cc1C1CCC1. The van der Waals surface area contributed by atoms with Crippen molar-refractivity contribution in [3.05, 3.63) is 28.3 Å². The Morgan fingerprint density at radius 3 is 2.57 bits per heavy atom. The zero-order valence-corrected chi connectivity index (χ0v) is 9.40. The Morgan fingerprint density at radius 2 is 2.07 bits per heavy atom. The highest BCUT2D eigenvalue weighted by Gasteiger charge is 2.23. The largest absolute Gasteiger partial charge is 0.496 e. The van der Waals surface area contributed by atoms with Crippen LogP contribution in [-0.4, -0.2) is 7.11 Å². The zero-order chi connectivity index (χ0) is 10.1. The van der Waals surface area contributed by atoms with Crippen LogP contribution in [0.3, 0.4) is 0 Å². The van der Waals surface area contributed by atoms with E-state index < -0.39 is 0 Å². The van der Waals surface area contributed by atoms with E-state index in [4.69, 9.17) is 16.3 Å². The third-order valence-electron chi connectivity index (χ3n) is 3.06. The second-order valence-electron chi connectivity index (χ2n) is 3.97. The van der Waals surface area contributed by atoms with Crippen molar-refractivity contribution in [2.45, 2.75) is 32.1 Å². The summed E-state index contributed by atoms with van der Waals surface area (Å²) < 4.78 is 5.38. The Hall–Kier alpha value is -0.690. The van der Waals surface area contributed by atoms with Crippen LogP contribution in [0, 0.1) is 6.92 Å². The number of benzene rings is 1. The first-order valence-electron chi connectivity index (χ1n) is 5.06. The number of ether oxygens (including phenoxy) is 1. The molecule has 0 unspecified atom stereocenters. The van der Waals surface area contributed by atoms with Gasteiger partial charge in [-0.05, 0) is 48.9 Å². The summed E-state index contributed by atoms with van der Waals surface area (Å²) in [4.78, 5) is 0. The van der Waals surface area contributed by atoms with Crippen LogP contribution < -0.4 is 4.74 Å². The van der Waals surface area contributed by atoms with Crippen molar-refractivity contribution in [3.8, 4) is 5.75 Å². The monoisotopic (exact) mass is 210 g/mol. The van der Waals surface area contributed by atoms with E-state index in [-0.39, 0.29) is 0 Å². The van der Waals surface area contributed by atoms with Crippen LogP contribution >= 0.6 is 11.6 Å². The van der Waals surface area contributed by atoms with Gasteiger partial charge in [0.1, 0.15) is 5.75 Å². The van der Waals surface area contributed by atoms with Gasteiger partial charge in [0.2, 0.25) is 0 Å². The molecule has 1 aliphatic carbocycles. The van der Waals surface area contributed by atoms with Crippen molar-refractivity contribution in [2.75, 3.05) is 7.11 Å². The van der Waals surface area contributed by atoms with Gasteiger partial charge in [0, 0.05) is 5.02 Å². The van der Waals surface area contributed by atoms with Crippen LogP contribution in [0.2, 0.25) is 5.02 Å². The van der Waals surface area contributed by atoms with Crippen LogP contribution in [0.5, 0.6) is 5.75 Å². The summed E-state index contributed by atoms with van der Waals surface area (Å²) in [6, 6.07) is 4.11. The van der Waals surface area contributed by atoms with Crippen LogP contribution in [-0.2, 0) is 0 Å². The second kappa shape index (κ2) is 3.82. The Kier molecular flexibility index (Phi) is 2.69. The standard InChI is InChI=1S/C12H15ClO/c1-8-6-12(14-2)10(7-11(8)13)9-4-3-5-9/h6-7,9H,3-5H2,1-2H3.